The van der Waals surface area contributed by atoms with E-state index in [0.29, 0.717) is 41.8 Å². The molecule has 3 rings (SSSR count). The smallest absolute Gasteiger partial charge is 0.342 e. The lowest BCUT2D eigenvalue weighted by molar-refractivity contribution is -0.116. The van der Waals surface area contributed by atoms with Gasteiger partial charge in [-0.15, -0.1) is 0 Å². The number of nitrogens with zero attached hydrogens (tertiary/aromatic N) is 1. The van der Waals surface area contributed by atoms with Crippen LogP contribution >= 0.6 is 0 Å². The number of allylic oxidation sites excluding steroid dienone is 2. The minimum absolute atomic E-state index is 0.0956. The fraction of sp³-hybridized carbons (Fsp3) is 0.350. The van der Waals surface area contributed by atoms with Gasteiger partial charge in [-0.2, -0.15) is 5.10 Å². The highest BCUT2D eigenvalue weighted by atomic mass is 16.5. The molecule has 1 amide bonds. The van der Waals surface area contributed by atoms with Crippen molar-refractivity contribution in [3.8, 4) is 11.5 Å². The Kier molecular flexibility index (Phi) is 5.67. The number of aromatic hydroxyl groups is 1. The highest BCUT2D eigenvalue weighted by Gasteiger charge is 2.31. The molecule has 8 heteroatoms. The highest BCUT2D eigenvalue weighted by molar-refractivity contribution is 5.98. The number of aromatic nitrogens is 2. The van der Waals surface area contributed by atoms with E-state index in [0.717, 1.165) is 11.1 Å². The quantitative estimate of drug-likeness (QED) is 0.499. The fourth-order valence-electron chi connectivity index (χ4n) is 3.26. The molecule has 8 nitrogen and oxygen atoms in total. The number of hydrogen-bond donors (Lipinski definition) is 3. The number of phenols is 1. The van der Waals surface area contributed by atoms with Crippen LogP contribution in [0.25, 0.3) is 0 Å². The van der Waals surface area contributed by atoms with E-state index in [2.05, 4.69) is 15.5 Å². The molecule has 1 aliphatic heterocycles. The Labute approximate surface area is 162 Å². The summed E-state index contributed by atoms with van der Waals surface area (Å²) in [6.45, 7) is 3.91. The number of ether oxygens (including phenoxy) is 2. The van der Waals surface area contributed by atoms with Gasteiger partial charge in [0.05, 0.1) is 19.0 Å². The molecule has 0 radical (unpaired) electrons. The van der Waals surface area contributed by atoms with Gasteiger partial charge < -0.3 is 19.9 Å². The van der Waals surface area contributed by atoms with E-state index in [-0.39, 0.29) is 23.8 Å². The Hall–Kier alpha value is -3.29. The Morgan fingerprint density at radius 1 is 1.46 bits per heavy atom. The average Bonchev–Trinajstić information content (AvgIpc) is 3.31. The van der Waals surface area contributed by atoms with Crippen LogP contribution in [-0.4, -0.2) is 34.3 Å². The zero-order valence-corrected chi connectivity index (χ0v) is 16.1. The van der Waals surface area contributed by atoms with E-state index in [4.69, 9.17) is 9.47 Å². The number of cyclic esters (lactones) is 1. The summed E-state index contributed by atoms with van der Waals surface area (Å²) in [5.74, 6) is -0.167. The number of benzene rings is 1. The van der Waals surface area contributed by atoms with Gasteiger partial charge in [0.15, 0.2) is 0 Å². The molecule has 1 aromatic carbocycles. The number of esters is 1. The van der Waals surface area contributed by atoms with Crippen molar-refractivity contribution in [1.29, 1.82) is 0 Å². The molecule has 0 fully saturated rings. The SMILES string of the molecule is COc1c(C)c2c(c(O)c1CC=C(C)CCC(=O)Nc1cn[nH]c1)C(=O)OC2. The largest absolute Gasteiger partial charge is 0.507 e. The fourth-order valence-corrected chi connectivity index (χ4v) is 3.26. The van der Waals surface area contributed by atoms with Crippen LogP contribution in [-0.2, 0) is 22.6 Å². The third-order valence-corrected chi connectivity index (χ3v) is 4.83. The summed E-state index contributed by atoms with van der Waals surface area (Å²) in [6, 6.07) is 0. The van der Waals surface area contributed by atoms with Crippen molar-refractivity contribution in [3.05, 3.63) is 46.3 Å². The first kappa shape index (κ1) is 19.5. The van der Waals surface area contributed by atoms with Gasteiger partial charge >= 0.3 is 5.97 Å². The molecule has 148 valence electrons. The number of anilines is 1. The number of amides is 1. The van der Waals surface area contributed by atoms with Gasteiger partial charge in [-0.1, -0.05) is 11.6 Å². The van der Waals surface area contributed by atoms with E-state index in [1.165, 1.54) is 13.3 Å². The molecule has 0 unspecified atom stereocenters. The summed E-state index contributed by atoms with van der Waals surface area (Å²) in [6.07, 6.45) is 6.35. The number of methoxy groups -OCH3 is 1. The van der Waals surface area contributed by atoms with Gasteiger partial charge in [0.2, 0.25) is 5.91 Å². The number of aromatic amines is 1. The Morgan fingerprint density at radius 3 is 2.93 bits per heavy atom. The maximum absolute atomic E-state index is 12.0. The Bertz CT molecular complexity index is 932. The number of hydrogen-bond acceptors (Lipinski definition) is 6. The molecule has 0 atom stereocenters. The molecule has 1 aromatic heterocycles. The Morgan fingerprint density at radius 2 is 2.25 bits per heavy atom. The minimum atomic E-state index is -0.517. The van der Waals surface area contributed by atoms with Crippen molar-refractivity contribution in [2.24, 2.45) is 0 Å². The summed E-state index contributed by atoms with van der Waals surface area (Å²) in [4.78, 5) is 23.9. The lowest BCUT2D eigenvalue weighted by Gasteiger charge is -2.15. The zero-order valence-electron chi connectivity index (χ0n) is 16.1. The summed E-state index contributed by atoms with van der Waals surface area (Å²) < 4.78 is 10.5. The van der Waals surface area contributed by atoms with Crippen LogP contribution in [0.3, 0.4) is 0 Å². The standard InChI is InChI=1S/C20H23N3O5/c1-11(5-7-16(24)23-13-8-21-22-9-13)4-6-14-18(25)17-15(10-28-20(17)26)12(2)19(14)27-3/h4,8-9,25H,5-7,10H2,1-3H3,(H,21,22)(H,23,24). The number of nitrogens with one attached hydrogen (secondary N) is 2. The van der Waals surface area contributed by atoms with E-state index in [9.17, 15) is 14.7 Å². The molecule has 2 aromatic rings. The lowest BCUT2D eigenvalue weighted by atomic mass is 9.94. The predicted octanol–water partition coefficient (Wildman–Crippen LogP) is 3.01. The maximum atomic E-state index is 12.0. The van der Waals surface area contributed by atoms with Gasteiger partial charge in [0, 0.05) is 23.7 Å². The first-order valence-electron chi connectivity index (χ1n) is 8.95. The summed E-state index contributed by atoms with van der Waals surface area (Å²) >= 11 is 0. The van der Waals surface area contributed by atoms with Crippen LogP contribution in [0.4, 0.5) is 5.69 Å². The number of carbonyl (C=O) groups is 2. The molecule has 2 heterocycles. The molecule has 0 saturated heterocycles. The second-order valence-corrected chi connectivity index (χ2v) is 6.70. The van der Waals surface area contributed by atoms with E-state index < -0.39 is 5.97 Å². The second kappa shape index (κ2) is 8.16. The average molecular weight is 385 g/mol. The summed E-state index contributed by atoms with van der Waals surface area (Å²) in [7, 11) is 1.53. The number of carbonyl (C=O) groups excluding carboxylic acids is 2. The number of fused-ring (bicyclic) bond motifs is 1. The molecule has 0 bridgehead atoms. The van der Waals surface area contributed by atoms with Crippen LogP contribution in [0.15, 0.2) is 24.0 Å². The molecule has 3 N–H and O–H groups in total. The Balaban J connectivity index is 1.71. The molecule has 0 spiro atoms. The number of H-pyrrole nitrogens is 1. The van der Waals surface area contributed by atoms with Crippen molar-refractivity contribution in [2.75, 3.05) is 12.4 Å². The molecule has 1 aliphatic rings. The third kappa shape index (κ3) is 3.85. The van der Waals surface area contributed by atoms with Crippen molar-refractivity contribution >= 4 is 17.6 Å². The van der Waals surface area contributed by atoms with Gasteiger partial charge in [0.25, 0.3) is 0 Å². The molecular weight excluding hydrogens is 362 g/mol. The maximum Gasteiger partial charge on any atom is 0.342 e. The molecule has 0 aliphatic carbocycles. The number of phenolic OH excluding ortho intramolecular Hbond substituents is 1. The van der Waals surface area contributed by atoms with E-state index in [1.807, 2.05) is 19.9 Å². The van der Waals surface area contributed by atoms with Crippen LogP contribution in [0, 0.1) is 6.92 Å². The monoisotopic (exact) mass is 385 g/mol. The van der Waals surface area contributed by atoms with Crippen LogP contribution in [0.1, 0.15) is 46.8 Å². The van der Waals surface area contributed by atoms with E-state index >= 15 is 0 Å². The molecule has 28 heavy (non-hydrogen) atoms. The molecule has 0 saturated carbocycles. The van der Waals surface area contributed by atoms with Gasteiger partial charge in [-0.3, -0.25) is 9.89 Å². The van der Waals surface area contributed by atoms with E-state index in [1.54, 1.807) is 6.20 Å². The van der Waals surface area contributed by atoms with Crippen LogP contribution in [0.5, 0.6) is 11.5 Å². The first-order valence-corrected chi connectivity index (χ1v) is 8.95. The van der Waals surface area contributed by atoms with Crippen molar-refractivity contribution in [1.82, 2.24) is 10.2 Å². The van der Waals surface area contributed by atoms with Gasteiger partial charge in [0.1, 0.15) is 23.7 Å². The van der Waals surface area contributed by atoms with Crippen molar-refractivity contribution < 1.29 is 24.2 Å². The molecular formula is C20H23N3O5. The second-order valence-electron chi connectivity index (χ2n) is 6.70. The third-order valence-electron chi connectivity index (χ3n) is 4.83. The minimum Gasteiger partial charge on any atom is -0.507 e. The van der Waals surface area contributed by atoms with Crippen molar-refractivity contribution in [3.63, 3.8) is 0 Å². The topological polar surface area (TPSA) is 114 Å². The number of rotatable bonds is 7. The summed E-state index contributed by atoms with van der Waals surface area (Å²) in [5.41, 5.74) is 3.84. The zero-order chi connectivity index (χ0) is 20.3. The van der Waals surface area contributed by atoms with Crippen LogP contribution < -0.4 is 10.1 Å². The van der Waals surface area contributed by atoms with Gasteiger partial charge in [-0.05, 0) is 32.3 Å². The van der Waals surface area contributed by atoms with Crippen LogP contribution in [0.2, 0.25) is 0 Å². The first-order chi connectivity index (χ1) is 13.4. The normalized spacial score (nSPS) is 13.2. The lowest BCUT2D eigenvalue weighted by Crippen LogP contribution is -2.10. The van der Waals surface area contributed by atoms with Gasteiger partial charge in [-0.25, -0.2) is 4.79 Å². The summed E-state index contributed by atoms with van der Waals surface area (Å²) in [5, 5.41) is 19.8. The van der Waals surface area contributed by atoms with Crippen molar-refractivity contribution in [2.45, 2.75) is 39.7 Å². The highest BCUT2D eigenvalue weighted by Crippen LogP contribution is 2.42. The predicted molar refractivity (Wildman–Crippen MR) is 102 cm³/mol.